The molecule has 0 aliphatic heterocycles. The summed E-state index contributed by atoms with van der Waals surface area (Å²) in [6, 6.07) is 10.8. The monoisotopic (exact) mass is 451 g/mol. The Morgan fingerprint density at radius 2 is 1.77 bits per heavy atom. The molecule has 0 saturated heterocycles. The van der Waals surface area contributed by atoms with E-state index < -0.39 is 23.8 Å². The van der Waals surface area contributed by atoms with Crippen molar-refractivity contribution in [1.29, 1.82) is 0 Å². The molecule has 30 heavy (non-hydrogen) atoms. The third kappa shape index (κ3) is 6.93. The summed E-state index contributed by atoms with van der Waals surface area (Å²) in [5.74, 6) is -1.35. The SMILES string of the molecule is Cc1cccc(OCC(=O)NNC(=O)[C@@H](NC(=O)c2ccc(Cl)cc2Cl)C(C)C)c1. The smallest absolute Gasteiger partial charge is 0.276 e. The molecule has 0 unspecified atom stereocenters. The molecule has 0 aromatic heterocycles. The van der Waals surface area contributed by atoms with Crippen molar-refractivity contribution in [1.82, 2.24) is 16.2 Å². The van der Waals surface area contributed by atoms with Crippen molar-refractivity contribution >= 4 is 40.9 Å². The minimum absolute atomic E-state index is 0.171. The molecule has 0 aliphatic carbocycles. The molecule has 0 saturated carbocycles. The standard InChI is InChI=1S/C21H23Cl2N3O4/c1-12(2)19(24-20(28)16-8-7-14(22)10-17(16)23)21(29)26-25-18(27)11-30-15-6-4-5-13(3)9-15/h4-10,12,19H,11H2,1-3H3,(H,24,28)(H,25,27)(H,26,29)/t19-/m0/s1. The van der Waals surface area contributed by atoms with E-state index in [2.05, 4.69) is 16.2 Å². The van der Waals surface area contributed by atoms with Gasteiger partial charge in [0.2, 0.25) is 0 Å². The fourth-order valence-electron chi connectivity index (χ4n) is 2.53. The number of rotatable bonds is 7. The quantitative estimate of drug-likeness (QED) is 0.562. The van der Waals surface area contributed by atoms with Gasteiger partial charge in [-0.15, -0.1) is 0 Å². The summed E-state index contributed by atoms with van der Waals surface area (Å²) in [7, 11) is 0. The zero-order valence-corrected chi connectivity index (χ0v) is 18.3. The molecule has 0 fully saturated rings. The van der Waals surface area contributed by atoms with Crippen LogP contribution in [0.15, 0.2) is 42.5 Å². The van der Waals surface area contributed by atoms with E-state index in [1.165, 1.54) is 18.2 Å². The maximum atomic E-state index is 12.5. The van der Waals surface area contributed by atoms with Crippen LogP contribution in [-0.2, 0) is 9.59 Å². The maximum absolute atomic E-state index is 12.5. The molecule has 2 aromatic rings. The third-order valence-electron chi connectivity index (χ3n) is 4.10. The lowest BCUT2D eigenvalue weighted by atomic mass is 10.0. The Morgan fingerprint density at radius 1 is 1.03 bits per heavy atom. The highest BCUT2D eigenvalue weighted by Crippen LogP contribution is 2.21. The Balaban J connectivity index is 1.90. The summed E-state index contributed by atoms with van der Waals surface area (Å²) in [4.78, 5) is 36.9. The van der Waals surface area contributed by atoms with E-state index in [9.17, 15) is 14.4 Å². The molecule has 0 heterocycles. The second-order valence-electron chi connectivity index (χ2n) is 6.96. The van der Waals surface area contributed by atoms with Crippen LogP contribution in [0.5, 0.6) is 5.75 Å². The summed E-state index contributed by atoms with van der Waals surface area (Å²) < 4.78 is 5.38. The lowest BCUT2D eigenvalue weighted by molar-refractivity contribution is -0.131. The van der Waals surface area contributed by atoms with Crippen LogP contribution in [-0.4, -0.2) is 30.4 Å². The number of carbonyl (C=O) groups excluding carboxylic acids is 3. The van der Waals surface area contributed by atoms with Crippen LogP contribution in [0.2, 0.25) is 10.0 Å². The van der Waals surface area contributed by atoms with E-state index in [4.69, 9.17) is 27.9 Å². The van der Waals surface area contributed by atoms with E-state index in [-0.39, 0.29) is 23.1 Å². The van der Waals surface area contributed by atoms with Gasteiger partial charge in [-0.3, -0.25) is 25.2 Å². The van der Waals surface area contributed by atoms with Crippen LogP contribution >= 0.6 is 23.2 Å². The molecule has 3 amide bonds. The van der Waals surface area contributed by atoms with Gasteiger partial charge in [-0.1, -0.05) is 49.2 Å². The van der Waals surface area contributed by atoms with E-state index in [1.807, 2.05) is 19.1 Å². The number of carbonyl (C=O) groups is 3. The zero-order valence-electron chi connectivity index (χ0n) is 16.8. The van der Waals surface area contributed by atoms with Crippen LogP contribution in [0.4, 0.5) is 0 Å². The number of nitrogens with one attached hydrogen (secondary N) is 3. The first-order valence-electron chi connectivity index (χ1n) is 9.21. The van der Waals surface area contributed by atoms with Crippen molar-refractivity contribution in [2.24, 2.45) is 5.92 Å². The summed E-state index contributed by atoms with van der Waals surface area (Å²) in [5, 5.41) is 3.18. The highest BCUT2D eigenvalue weighted by Gasteiger charge is 2.26. The van der Waals surface area contributed by atoms with Crippen molar-refractivity contribution in [3.8, 4) is 5.75 Å². The van der Waals surface area contributed by atoms with Gasteiger partial charge in [0.1, 0.15) is 11.8 Å². The lowest BCUT2D eigenvalue weighted by Crippen LogP contribution is -2.55. The minimum atomic E-state index is -0.901. The van der Waals surface area contributed by atoms with Gasteiger partial charge in [-0.2, -0.15) is 0 Å². The van der Waals surface area contributed by atoms with Gasteiger partial charge >= 0.3 is 0 Å². The molecule has 1 atom stereocenters. The highest BCUT2D eigenvalue weighted by molar-refractivity contribution is 6.36. The van der Waals surface area contributed by atoms with Crippen LogP contribution in [0.1, 0.15) is 29.8 Å². The largest absolute Gasteiger partial charge is 0.484 e. The first-order chi connectivity index (χ1) is 14.2. The molecule has 9 heteroatoms. The normalized spacial score (nSPS) is 11.5. The predicted octanol–water partition coefficient (Wildman–Crippen LogP) is 3.28. The zero-order chi connectivity index (χ0) is 22.3. The summed E-state index contributed by atoms with van der Waals surface area (Å²) >= 11 is 11.9. The number of hydrogen-bond donors (Lipinski definition) is 3. The van der Waals surface area contributed by atoms with Crippen LogP contribution in [0.25, 0.3) is 0 Å². The molecule has 0 radical (unpaired) electrons. The molecule has 3 N–H and O–H groups in total. The number of aryl methyl sites for hydroxylation is 1. The van der Waals surface area contributed by atoms with Gasteiger partial charge in [0.05, 0.1) is 10.6 Å². The van der Waals surface area contributed by atoms with Gasteiger partial charge in [0, 0.05) is 5.02 Å². The van der Waals surface area contributed by atoms with Crippen molar-refractivity contribution in [3.63, 3.8) is 0 Å². The molecule has 160 valence electrons. The lowest BCUT2D eigenvalue weighted by Gasteiger charge is -2.22. The molecule has 2 aromatic carbocycles. The van der Waals surface area contributed by atoms with Crippen LogP contribution in [0.3, 0.4) is 0 Å². The molecule has 0 spiro atoms. The Hall–Kier alpha value is -2.77. The Kier molecular flexibility index (Phi) is 8.50. The van der Waals surface area contributed by atoms with Gasteiger partial charge in [-0.25, -0.2) is 0 Å². The van der Waals surface area contributed by atoms with Gasteiger partial charge in [-0.05, 0) is 48.7 Å². The summed E-state index contributed by atoms with van der Waals surface area (Å²) in [5.41, 5.74) is 5.77. The predicted molar refractivity (Wildman–Crippen MR) is 116 cm³/mol. The Bertz CT molecular complexity index is 934. The van der Waals surface area contributed by atoms with E-state index in [1.54, 1.807) is 26.0 Å². The molecule has 7 nitrogen and oxygen atoms in total. The molecular formula is C21H23Cl2N3O4. The van der Waals surface area contributed by atoms with E-state index in [0.29, 0.717) is 10.8 Å². The molecular weight excluding hydrogens is 429 g/mol. The number of amides is 3. The average Bonchev–Trinajstić information content (AvgIpc) is 2.68. The van der Waals surface area contributed by atoms with Gasteiger partial charge in [0.15, 0.2) is 6.61 Å². The maximum Gasteiger partial charge on any atom is 0.276 e. The number of benzene rings is 2. The third-order valence-corrected chi connectivity index (χ3v) is 4.64. The van der Waals surface area contributed by atoms with Crippen molar-refractivity contribution in [3.05, 3.63) is 63.6 Å². The van der Waals surface area contributed by atoms with Crippen LogP contribution < -0.4 is 20.9 Å². The first kappa shape index (κ1) is 23.5. The van der Waals surface area contributed by atoms with Crippen molar-refractivity contribution in [2.75, 3.05) is 6.61 Å². The molecule has 0 aliphatic rings. The van der Waals surface area contributed by atoms with Gasteiger partial charge in [0.25, 0.3) is 17.7 Å². The second kappa shape index (κ2) is 10.8. The number of hydrogen-bond acceptors (Lipinski definition) is 4. The number of ether oxygens (including phenoxy) is 1. The van der Waals surface area contributed by atoms with E-state index in [0.717, 1.165) is 5.56 Å². The summed E-state index contributed by atoms with van der Waals surface area (Å²) in [6.45, 7) is 5.15. The second-order valence-corrected chi connectivity index (χ2v) is 7.81. The summed E-state index contributed by atoms with van der Waals surface area (Å²) in [6.07, 6.45) is 0. The highest BCUT2D eigenvalue weighted by atomic mass is 35.5. The topological polar surface area (TPSA) is 96.5 Å². The minimum Gasteiger partial charge on any atom is -0.484 e. The molecule has 2 rings (SSSR count). The van der Waals surface area contributed by atoms with Crippen molar-refractivity contribution < 1.29 is 19.1 Å². The van der Waals surface area contributed by atoms with Gasteiger partial charge < -0.3 is 10.1 Å². The average molecular weight is 452 g/mol. The van der Waals surface area contributed by atoms with E-state index >= 15 is 0 Å². The first-order valence-corrected chi connectivity index (χ1v) is 9.97. The Morgan fingerprint density at radius 3 is 2.40 bits per heavy atom. The number of hydrazine groups is 1. The fourth-order valence-corrected chi connectivity index (χ4v) is 3.02. The van der Waals surface area contributed by atoms with Crippen LogP contribution in [0, 0.1) is 12.8 Å². The van der Waals surface area contributed by atoms with Crippen molar-refractivity contribution in [2.45, 2.75) is 26.8 Å². The molecule has 0 bridgehead atoms. The fraction of sp³-hybridized carbons (Fsp3) is 0.286. The Labute approximate surface area is 185 Å². The number of halogens is 2.